The van der Waals surface area contributed by atoms with Crippen LogP contribution >= 0.6 is 0 Å². The maximum atomic E-state index is 13.0. The van der Waals surface area contributed by atoms with Crippen LogP contribution in [0.5, 0.6) is 5.75 Å². The predicted molar refractivity (Wildman–Crippen MR) is 104 cm³/mol. The summed E-state index contributed by atoms with van der Waals surface area (Å²) in [6, 6.07) is 11.5. The highest BCUT2D eigenvalue weighted by Crippen LogP contribution is 2.19. The first-order valence-corrected chi connectivity index (χ1v) is 9.99. The minimum atomic E-state index is -4.56. The standard InChI is InChI=1S/C20H13FN2O7S/c21-13-5-7-14(8-6-13)30-20(27)15-3-1-2-4-17(15)31(28,29)23-18(24)16-11-12(19(25)26)9-10-22-16/h1-11H,(H,23,24)(H,25,26). The van der Waals surface area contributed by atoms with Gasteiger partial charge in [-0.05, 0) is 48.5 Å². The van der Waals surface area contributed by atoms with Crippen LogP contribution in [-0.4, -0.2) is 36.4 Å². The van der Waals surface area contributed by atoms with Gasteiger partial charge in [0.2, 0.25) is 0 Å². The molecule has 0 unspecified atom stereocenters. The Bertz CT molecular complexity index is 1270. The molecular formula is C20H13FN2O7S. The van der Waals surface area contributed by atoms with Crippen LogP contribution in [0.4, 0.5) is 4.39 Å². The predicted octanol–water partition coefficient (Wildman–Crippen LogP) is 2.26. The highest BCUT2D eigenvalue weighted by atomic mass is 32.2. The highest BCUT2D eigenvalue weighted by Gasteiger charge is 2.26. The SMILES string of the molecule is O=C(O)c1ccnc(C(=O)NS(=O)(=O)c2ccccc2C(=O)Oc2ccc(F)cc2)c1. The zero-order chi connectivity index (χ0) is 22.6. The summed E-state index contributed by atoms with van der Waals surface area (Å²) in [5, 5.41) is 8.99. The van der Waals surface area contributed by atoms with Gasteiger partial charge < -0.3 is 9.84 Å². The Morgan fingerprint density at radius 3 is 2.35 bits per heavy atom. The van der Waals surface area contributed by atoms with Gasteiger partial charge >= 0.3 is 11.9 Å². The Hall–Kier alpha value is -4.12. The molecule has 158 valence electrons. The number of aromatic carboxylic acids is 1. The van der Waals surface area contributed by atoms with Crippen LogP contribution in [0.3, 0.4) is 0 Å². The summed E-state index contributed by atoms with van der Waals surface area (Å²) in [7, 11) is -4.56. The van der Waals surface area contributed by atoms with Gasteiger partial charge in [-0.3, -0.25) is 9.78 Å². The maximum Gasteiger partial charge on any atom is 0.344 e. The van der Waals surface area contributed by atoms with Crippen molar-refractivity contribution in [2.75, 3.05) is 0 Å². The van der Waals surface area contributed by atoms with Crippen LogP contribution in [0.2, 0.25) is 0 Å². The van der Waals surface area contributed by atoms with E-state index in [4.69, 9.17) is 9.84 Å². The summed E-state index contributed by atoms with van der Waals surface area (Å²) >= 11 is 0. The van der Waals surface area contributed by atoms with Crippen molar-refractivity contribution >= 4 is 27.9 Å². The molecule has 0 aliphatic rings. The second-order valence-electron chi connectivity index (χ2n) is 6.01. The first-order chi connectivity index (χ1) is 14.7. The third-order valence-corrected chi connectivity index (χ3v) is 5.28. The van der Waals surface area contributed by atoms with Crippen molar-refractivity contribution in [3.63, 3.8) is 0 Å². The fraction of sp³-hybridized carbons (Fsp3) is 0. The summed E-state index contributed by atoms with van der Waals surface area (Å²) in [6.07, 6.45) is 1.04. The molecule has 31 heavy (non-hydrogen) atoms. The van der Waals surface area contributed by atoms with Gasteiger partial charge in [0, 0.05) is 6.20 Å². The molecule has 0 spiro atoms. The van der Waals surface area contributed by atoms with E-state index in [1.807, 2.05) is 0 Å². The van der Waals surface area contributed by atoms with Crippen molar-refractivity contribution in [3.8, 4) is 5.75 Å². The molecule has 0 aliphatic heterocycles. The fourth-order valence-electron chi connectivity index (χ4n) is 2.45. The third kappa shape index (κ3) is 5.08. The fourth-order valence-corrected chi connectivity index (χ4v) is 3.61. The van der Waals surface area contributed by atoms with E-state index in [0.29, 0.717) is 0 Å². The molecule has 0 fully saturated rings. The molecule has 0 bridgehead atoms. The number of halogens is 1. The number of carbonyl (C=O) groups excluding carboxylic acids is 2. The average Bonchev–Trinajstić information content (AvgIpc) is 2.75. The number of nitrogens with zero attached hydrogens (tertiary/aromatic N) is 1. The van der Waals surface area contributed by atoms with Crippen LogP contribution in [0.15, 0.2) is 71.8 Å². The molecule has 3 rings (SSSR count). The monoisotopic (exact) mass is 444 g/mol. The molecule has 1 amide bonds. The van der Waals surface area contributed by atoms with Crippen molar-refractivity contribution in [2.24, 2.45) is 0 Å². The number of rotatable bonds is 6. The van der Waals surface area contributed by atoms with Gasteiger partial charge in [-0.1, -0.05) is 12.1 Å². The topological polar surface area (TPSA) is 140 Å². The lowest BCUT2D eigenvalue weighted by atomic mass is 10.2. The number of benzene rings is 2. The van der Waals surface area contributed by atoms with Crippen molar-refractivity contribution in [1.29, 1.82) is 0 Å². The molecule has 0 aliphatic carbocycles. The third-order valence-electron chi connectivity index (χ3n) is 3.89. The number of sulfonamides is 1. The van der Waals surface area contributed by atoms with E-state index in [0.717, 1.165) is 36.5 Å². The van der Waals surface area contributed by atoms with Crippen LogP contribution in [-0.2, 0) is 10.0 Å². The molecule has 3 aromatic rings. The van der Waals surface area contributed by atoms with E-state index in [2.05, 4.69) is 4.98 Å². The number of aromatic nitrogens is 1. The zero-order valence-corrected chi connectivity index (χ0v) is 16.3. The minimum Gasteiger partial charge on any atom is -0.478 e. The molecule has 0 radical (unpaired) electrons. The van der Waals surface area contributed by atoms with Crippen LogP contribution in [0.25, 0.3) is 0 Å². The van der Waals surface area contributed by atoms with E-state index >= 15 is 0 Å². The molecule has 2 N–H and O–H groups in total. The van der Waals surface area contributed by atoms with Crippen molar-refractivity contribution in [1.82, 2.24) is 9.71 Å². The number of nitrogens with one attached hydrogen (secondary N) is 1. The average molecular weight is 444 g/mol. The van der Waals surface area contributed by atoms with Crippen LogP contribution in [0, 0.1) is 5.82 Å². The molecule has 1 heterocycles. The number of esters is 1. The van der Waals surface area contributed by atoms with Gasteiger partial charge in [0.25, 0.3) is 15.9 Å². The van der Waals surface area contributed by atoms with Crippen LogP contribution < -0.4 is 9.46 Å². The van der Waals surface area contributed by atoms with E-state index in [-0.39, 0.29) is 16.9 Å². The number of hydrogen-bond acceptors (Lipinski definition) is 7. The summed E-state index contributed by atoms with van der Waals surface area (Å²) < 4.78 is 45.3. The number of amides is 1. The first-order valence-electron chi connectivity index (χ1n) is 8.50. The molecule has 1 aromatic heterocycles. The lowest BCUT2D eigenvalue weighted by molar-refractivity contribution is 0.0694. The van der Waals surface area contributed by atoms with Gasteiger partial charge in [-0.15, -0.1) is 0 Å². The quantitative estimate of drug-likeness (QED) is 0.436. The number of carbonyl (C=O) groups is 3. The second kappa shape index (κ2) is 8.71. The van der Waals surface area contributed by atoms with Gasteiger partial charge in [-0.2, -0.15) is 0 Å². The van der Waals surface area contributed by atoms with Gasteiger partial charge in [0.15, 0.2) is 0 Å². The molecule has 2 aromatic carbocycles. The molecule has 0 saturated heterocycles. The highest BCUT2D eigenvalue weighted by molar-refractivity contribution is 7.90. The summed E-state index contributed by atoms with van der Waals surface area (Å²) in [5.41, 5.74) is -1.09. The van der Waals surface area contributed by atoms with Gasteiger partial charge in [0.1, 0.15) is 22.2 Å². The Morgan fingerprint density at radius 2 is 1.68 bits per heavy atom. The Morgan fingerprint density at radius 1 is 1.00 bits per heavy atom. The van der Waals surface area contributed by atoms with Crippen LogP contribution in [0.1, 0.15) is 31.2 Å². The Labute approximate surface area is 175 Å². The lowest BCUT2D eigenvalue weighted by Gasteiger charge is -2.11. The van der Waals surface area contributed by atoms with Crippen molar-refractivity contribution < 1.29 is 37.0 Å². The zero-order valence-electron chi connectivity index (χ0n) is 15.5. The second-order valence-corrected chi connectivity index (χ2v) is 7.66. The van der Waals surface area contributed by atoms with E-state index in [1.165, 1.54) is 30.3 Å². The first kappa shape index (κ1) is 21.6. The number of carboxylic acids is 1. The van der Waals surface area contributed by atoms with E-state index in [9.17, 15) is 27.2 Å². The number of pyridine rings is 1. The Kier molecular flexibility index (Phi) is 6.07. The summed E-state index contributed by atoms with van der Waals surface area (Å²) in [6.45, 7) is 0. The summed E-state index contributed by atoms with van der Waals surface area (Å²) in [5.74, 6) is -4.13. The Balaban J connectivity index is 1.87. The van der Waals surface area contributed by atoms with Gasteiger partial charge in [0.05, 0.1) is 11.1 Å². The largest absolute Gasteiger partial charge is 0.478 e. The molecule has 9 nitrogen and oxygen atoms in total. The number of ether oxygens (including phenoxy) is 1. The molecule has 0 saturated carbocycles. The minimum absolute atomic E-state index is 0.0164. The summed E-state index contributed by atoms with van der Waals surface area (Å²) in [4.78, 5) is 38.9. The molecule has 11 heteroatoms. The maximum absolute atomic E-state index is 13.0. The van der Waals surface area contributed by atoms with Crippen molar-refractivity contribution in [2.45, 2.75) is 4.90 Å². The number of carboxylic acid groups (broad SMARTS) is 1. The van der Waals surface area contributed by atoms with Crippen molar-refractivity contribution in [3.05, 3.63) is 89.5 Å². The molecular weight excluding hydrogens is 431 g/mol. The normalized spacial score (nSPS) is 10.9. The van der Waals surface area contributed by atoms with Gasteiger partial charge in [-0.25, -0.2) is 27.1 Å². The lowest BCUT2D eigenvalue weighted by Crippen LogP contribution is -2.32. The van der Waals surface area contributed by atoms with E-state index < -0.39 is 44.3 Å². The van der Waals surface area contributed by atoms with E-state index in [1.54, 1.807) is 4.72 Å². The molecule has 0 atom stereocenters. The smallest absolute Gasteiger partial charge is 0.344 e. The number of hydrogen-bond donors (Lipinski definition) is 2.